The number of carbonyl (C=O) groups is 2. The molecule has 26 heavy (non-hydrogen) atoms. The number of benzene rings is 1. The van der Waals surface area contributed by atoms with Crippen molar-refractivity contribution in [2.75, 3.05) is 13.1 Å². The number of ether oxygens (including phenoxy) is 2. The SMILES string of the molecule is CCCCN(CC(C)NC(=O)OCc1ccccc1)C(=O)OC(C)(C)C. The fourth-order valence-corrected chi connectivity index (χ4v) is 2.27. The van der Waals surface area contributed by atoms with Gasteiger partial charge in [0, 0.05) is 19.1 Å². The van der Waals surface area contributed by atoms with E-state index in [4.69, 9.17) is 9.47 Å². The van der Waals surface area contributed by atoms with Crippen LogP contribution < -0.4 is 5.32 Å². The Morgan fingerprint density at radius 1 is 1.19 bits per heavy atom. The van der Waals surface area contributed by atoms with Gasteiger partial charge in [-0.2, -0.15) is 0 Å². The lowest BCUT2D eigenvalue weighted by atomic mass is 10.2. The topological polar surface area (TPSA) is 67.9 Å². The van der Waals surface area contributed by atoms with Gasteiger partial charge in [-0.3, -0.25) is 0 Å². The van der Waals surface area contributed by atoms with E-state index in [-0.39, 0.29) is 18.7 Å². The molecule has 0 spiro atoms. The first-order valence-corrected chi connectivity index (χ1v) is 9.16. The van der Waals surface area contributed by atoms with Crippen molar-refractivity contribution in [3.63, 3.8) is 0 Å². The van der Waals surface area contributed by atoms with E-state index in [0.29, 0.717) is 13.1 Å². The summed E-state index contributed by atoms with van der Waals surface area (Å²) in [4.78, 5) is 25.9. The van der Waals surface area contributed by atoms with Crippen molar-refractivity contribution in [3.8, 4) is 0 Å². The molecule has 1 rings (SSSR count). The molecule has 0 aliphatic carbocycles. The molecule has 1 N–H and O–H groups in total. The smallest absolute Gasteiger partial charge is 0.410 e. The number of hydrogen-bond donors (Lipinski definition) is 1. The third-order valence-electron chi connectivity index (χ3n) is 3.50. The summed E-state index contributed by atoms with van der Waals surface area (Å²) in [5, 5.41) is 2.76. The predicted molar refractivity (Wildman–Crippen MR) is 102 cm³/mol. The molecule has 146 valence electrons. The molecule has 0 radical (unpaired) electrons. The van der Waals surface area contributed by atoms with Gasteiger partial charge in [-0.1, -0.05) is 43.7 Å². The first-order valence-electron chi connectivity index (χ1n) is 9.16. The maximum absolute atomic E-state index is 12.4. The standard InChI is InChI=1S/C20H32N2O4/c1-6-7-13-22(19(24)26-20(3,4)5)14-16(2)21-18(23)25-15-17-11-9-8-10-12-17/h8-12,16H,6-7,13-15H2,1-5H3,(H,21,23). The molecule has 1 aromatic rings. The molecular weight excluding hydrogens is 332 g/mol. The Labute approximate surface area is 156 Å². The number of amides is 2. The van der Waals surface area contributed by atoms with Gasteiger partial charge in [-0.15, -0.1) is 0 Å². The second-order valence-electron chi connectivity index (χ2n) is 7.39. The van der Waals surface area contributed by atoms with Crippen LogP contribution in [0.3, 0.4) is 0 Å². The van der Waals surface area contributed by atoms with Crippen LogP contribution in [0.2, 0.25) is 0 Å². The summed E-state index contributed by atoms with van der Waals surface area (Å²) in [5.74, 6) is 0. The van der Waals surface area contributed by atoms with E-state index in [0.717, 1.165) is 18.4 Å². The van der Waals surface area contributed by atoms with Crippen molar-refractivity contribution >= 4 is 12.2 Å². The molecular formula is C20H32N2O4. The van der Waals surface area contributed by atoms with Gasteiger partial charge in [0.15, 0.2) is 0 Å². The largest absolute Gasteiger partial charge is 0.445 e. The van der Waals surface area contributed by atoms with Gasteiger partial charge in [0.2, 0.25) is 0 Å². The normalized spacial score (nSPS) is 12.2. The van der Waals surface area contributed by atoms with Crippen LogP contribution in [-0.2, 0) is 16.1 Å². The Bertz CT molecular complexity index is 555. The van der Waals surface area contributed by atoms with E-state index in [1.165, 1.54) is 0 Å². The van der Waals surface area contributed by atoms with Crippen molar-refractivity contribution in [1.29, 1.82) is 0 Å². The molecule has 0 aliphatic rings. The third kappa shape index (κ3) is 9.30. The molecule has 1 aromatic carbocycles. The molecule has 0 bridgehead atoms. The van der Waals surface area contributed by atoms with Gasteiger partial charge in [0.25, 0.3) is 0 Å². The molecule has 1 atom stereocenters. The van der Waals surface area contributed by atoms with Gasteiger partial charge in [0.1, 0.15) is 12.2 Å². The Balaban J connectivity index is 2.49. The van der Waals surface area contributed by atoms with Crippen LogP contribution in [0, 0.1) is 0 Å². The summed E-state index contributed by atoms with van der Waals surface area (Å²) in [6.45, 7) is 10.6. The highest BCUT2D eigenvalue weighted by Crippen LogP contribution is 2.11. The van der Waals surface area contributed by atoms with Crippen LogP contribution in [0.5, 0.6) is 0 Å². The lowest BCUT2D eigenvalue weighted by molar-refractivity contribution is 0.0230. The van der Waals surface area contributed by atoms with E-state index in [9.17, 15) is 9.59 Å². The highest BCUT2D eigenvalue weighted by molar-refractivity contribution is 5.69. The number of unbranched alkanes of at least 4 members (excludes halogenated alkanes) is 1. The molecule has 6 heteroatoms. The Kier molecular flexibility index (Phi) is 8.96. The summed E-state index contributed by atoms with van der Waals surface area (Å²) in [6.07, 6.45) is 0.989. The summed E-state index contributed by atoms with van der Waals surface area (Å²) >= 11 is 0. The van der Waals surface area contributed by atoms with Crippen LogP contribution in [0.4, 0.5) is 9.59 Å². The van der Waals surface area contributed by atoms with Crippen molar-refractivity contribution in [2.24, 2.45) is 0 Å². The van der Waals surface area contributed by atoms with Crippen LogP contribution >= 0.6 is 0 Å². The first-order chi connectivity index (χ1) is 12.2. The van der Waals surface area contributed by atoms with Gasteiger partial charge in [-0.25, -0.2) is 9.59 Å². The zero-order chi connectivity index (χ0) is 19.6. The molecule has 2 amide bonds. The number of carbonyl (C=O) groups excluding carboxylic acids is 2. The van der Waals surface area contributed by atoms with E-state index in [2.05, 4.69) is 12.2 Å². The zero-order valence-electron chi connectivity index (χ0n) is 16.6. The fraction of sp³-hybridized carbons (Fsp3) is 0.600. The second kappa shape index (κ2) is 10.7. The number of nitrogens with one attached hydrogen (secondary N) is 1. The molecule has 1 unspecified atom stereocenters. The molecule has 0 aromatic heterocycles. The minimum atomic E-state index is -0.549. The number of rotatable bonds is 8. The van der Waals surface area contributed by atoms with Crippen molar-refractivity contribution in [3.05, 3.63) is 35.9 Å². The number of hydrogen-bond acceptors (Lipinski definition) is 4. The van der Waals surface area contributed by atoms with E-state index < -0.39 is 11.7 Å². The zero-order valence-corrected chi connectivity index (χ0v) is 16.6. The lowest BCUT2D eigenvalue weighted by Gasteiger charge is -2.29. The molecule has 6 nitrogen and oxygen atoms in total. The molecule has 0 saturated heterocycles. The summed E-state index contributed by atoms with van der Waals surface area (Å²) < 4.78 is 10.7. The predicted octanol–water partition coefficient (Wildman–Crippen LogP) is 4.34. The molecule has 0 saturated carbocycles. The minimum Gasteiger partial charge on any atom is -0.445 e. The maximum atomic E-state index is 12.4. The van der Waals surface area contributed by atoms with Gasteiger partial charge in [0.05, 0.1) is 0 Å². The van der Waals surface area contributed by atoms with Crippen LogP contribution in [-0.4, -0.2) is 41.8 Å². The molecule has 0 aliphatic heterocycles. The Morgan fingerprint density at radius 2 is 1.85 bits per heavy atom. The average molecular weight is 364 g/mol. The Hall–Kier alpha value is -2.24. The quantitative estimate of drug-likeness (QED) is 0.745. The summed E-state index contributed by atoms with van der Waals surface area (Å²) in [6, 6.07) is 9.24. The number of alkyl carbamates (subject to hydrolysis) is 1. The highest BCUT2D eigenvalue weighted by atomic mass is 16.6. The monoisotopic (exact) mass is 364 g/mol. The van der Waals surface area contributed by atoms with E-state index in [1.807, 2.05) is 58.0 Å². The third-order valence-corrected chi connectivity index (χ3v) is 3.50. The van der Waals surface area contributed by atoms with Crippen molar-refractivity contribution in [1.82, 2.24) is 10.2 Å². The highest BCUT2D eigenvalue weighted by Gasteiger charge is 2.23. The van der Waals surface area contributed by atoms with E-state index >= 15 is 0 Å². The average Bonchev–Trinajstić information content (AvgIpc) is 2.56. The van der Waals surface area contributed by atoms with E-state index in [1.54, 1.807) is 4.90 Å². The first kappa shape index (κ1) is 21.8. The lowest BCUT2D eigenvalue weighted by Crippen LogP contribution is -2.46. The molecule has 0 heterocycles. The summed E-state index contributed by atoms with van der Waals surface area (Å²) in [7, 11) is 0. The van der Waals surface area contributed by atoms with Crippen molar-refractivity contribution in [2.45, 2.75) is 65.7 Å². The summed E-state index contributed by atoms with van der Waals surface area (Å²) in [5.41, 5.74) is 0.376. The van der Waals surface area contributed by atoms with Gasteiger partial charge >= 0.3 is 12.2 Å². The molecule has 0 fully saturated rings. The maximum Gasteiger partial charge on any atom is 0.410 e. The van der Waals surface area contributed by atoms with Crippen molar-refractivity contribution < 1.29 is 19.1 Å². The van der Waals surface area contributed by atoms with Gasteiger partial charge < -0.3 is 19.7 Å². The minimum absolute atomic E-state index is 0.213. The fourth-order valence-electron chi connectivity index (χ4n) is 2.27. The Morgan fingerprint density at radius 3 is 2.42 bits per heavy atom. The van der Waals surface area contributed by atoms with Crippen LogP contribution in [0.1, 0.15) is 53.0 Å². The van der Waals surface area contributed by atoms with Crippen LogP contribution in [0.15, 0.2) is 30.3 Å². The second-order valence-corrected chi connectivity index (χ2v) is 7.39. The van der Waals surface area contributed by atoms with Crippen LogP contribution in [0.25, 0.3) is 0 Å². The van der Waals surface area contributed by atoms with Gasteiger partial charge in [-0.05, 0) is 39.7 Å². The number of nitrogens with zero attached hydrogens (tertiary/aromatic N) is 1.